The second kappa shape index (κ2) is 9.51. The van der Waals surface area contributed by atoms with Gasteiger partial charge in [-0.2, -0.15) is 0 Å². The first-order valence-corrected chi connectivity index (χ1v) is 9.93. The number of carbonyl (C=O) groups is 2. The zero-order valence-electron chi connectivity index (χ0n) is 16.7. The van der Waals surface area contributed by atoms with Crippen LogP contribution in [0.2, 0.25) is 0 Å². The third kappa shape index (κ3) is 6.20. The Morgan fingerprint density at radius 2 is 1.79 bits per heavy atom. The van der Waals surface area contributed by atoms with E-state index in [9.17, 15) is 9.59 Å². The molecule has 2 aromatic carbocycles. The molecule has 1 saturated carbocycles. The van der Waals surface area contributed by atoms with Crippen LogP contribution < -0.4 is 10.6 Å². The zero-order chi connectivity index (χ0) is 19.9. The highest BCUT2D eigenvalue weighted by molar-refractivity contribution is 5.93. The van der Waals surface area contributed by atoms with E-state index < -0.39 is 0 Å². The van der Waals surface area contributed by atoms with Crippen LogP contribution in [0.25, 0.3) is 0 Å². The van der Waals surface area contributed by atoms with Crippen molar-refractivity contribution in [3.63, 3.8) is 0 Å². The Hall–Kier alpha value is -2.66. The lowest BCUT2D eigenvalue weighted by atomic mass is 10.1. The van der Waals surface area contributed by atoms with Crippen molar-refractivity contribution in [3.8, 4) is 0 Å². The lowest BCUT2D eigenvalue weighted by Crippen LogP contribution is -2.37. The van der Waals surface area contributed by atoms with E-state index in [1.165, 1.54) is 0 Å². The first-order chi connectivity index (χ1) is 13.5. The summed E-state index contributed by atoms with van der Waals surface area (Å²) in [4.78, 5) is 26.8. The highest BCUT2D eigenvalue weighted by Crippen LogP contribution is 2.27. The number of rotatable bonds is 9. The fraction of sp³-hybridized carbons (Fsp3) is 0.391. The molecular formula is C23H29N3O2. The highest BCUT2D eigenvalue weighted by Gasteiger charge is 2.30. The van der Waals surface area contributed by atoms with Crippen LogP contribution in [0.5, 0.6) is 0 Å². The van der Waals surface area contributed by atoms with Gasteiger partial charge in [-0.1, -0.05) is 42.5 Å². The number of carbonyl (C=O) groups excluding carboxylic acids is 2. The molecule has 0 saturated heterocycles. The van der Waals surface area contributed by atoms with Crippen LogP contribution in [0.15, 0.2) is 48.5 Å². The molecule has 1 fully saturated rings. The minimum absolute atomic E-state index is 0.0180. The number of nitrogens with one attached hydrogen (secondary N) is 2. The molecule has 3 rings (SSSR count). The zero-order valence-corrected chi connectivity index (χ0v) is 16.7. The molecule has 0 atom stereocenters. The van der Waals surface area contributed by atoms with Crippen molar-refractivity contribution in [1.29, 1.82) is 0 Å². The first-order valence-electron chi connectivity index (χ1n) is 9.93. The number of hydrogen-bond donors (Lipinski definition) is 2. The van der Waals surface area contributed by atoms with Crippen molar-refractivity contribution in [2.45, 2.75) is 45.7 Å². The maximum absolute atomic E-state index is 12.5. The SMILES string of the molecule is Cc1ccc(C)c(NC(=O)CN(CCC(=O)NCc2ccccc2)C2CC2)c1. The van der Waals surface area contributed by atoms with E-state index in [2.05, 4.69) is 15.5 Å². The van der Waals surface area contributed by atoms with Crippen LogP contribution in [-0.4, -0.2) is 35.8 Å². The van der Waals surface area contributed by atoms with Crippen LogP contribution in [-0.2, 0) is 16.1 Å². The van der Waals surface area contributed by atoms with E-state index in [1.54, 1.807) is 0 Å². The molecule has 148 valence electrons. The topological polar surface area (TPSA) is 61.4 Å². The molecule has 28 heavy (non-hydrogen) atoms. The molecule has 0 aromatic heterocycles. The quantitative estimate of drug-likeness (QED) is 0.702. The Kier molecular flexibility index (Phi) is 6.82. The van der Waals surface area contributed by atoms with Crippen LogP contribution in [0.4, 0.5) is 5.69 Å². The molecule has 5 nitrogen and oxygen atoms in total. The number of hydrogen-bond acceptors (Lipinski definition) is 3. The van der Waals surface area contributed by atoms with Gasteiger partial charge in [0.25, 0.3) is 0 Å². The van der Waals surface area contributed by atoms with Gasteiger partial charge in [-0.15, -0.1) is 0 Å². The summed E-state index contributed by atoms with van der Waals surface area (Å²) in [6, 6.07) is 16.3. The van der Waals surface area contributed by atoms with Crippen molar-refractivity contribution in [2.75, 3.05) is 18.4 Å². The summed E-state index contributed by atoms with van der Waals surface area (Å²) in [5.74, 6) is -0.00488. The van der Waals surface area contributed by atoms with Crippen LogP contribution in [0.3, 0.4) is 0 Å². The van der Waals surface area contributed by atoms with Gasteiger partial charge in [0.2, 0.25) is 11.8 Å². The first kappa shape index (κ1) is 20.1. The molecule has 0 radical (unpaired) electrons. The van der Waals surface area contributed by atoms with E-state index >= 15 is 0 Å². The molecule has 1 aliphatic carbocycles. The minimum atomic E-state index is -0.0229. The lowest BCUT2D eigenvalue weighted by Gasteiger charge is -2.21. The van der Waals surface area contributed by atoms with Gasteiger partial charge in [0.05, 0.1) is 6.54 Å². The maximum Gasteiger partial charge on any atom is 0.238 e. The summed E-state index contributed by atoms with van der Waals surface area (Å²) in [7, 11) is 0. The van der Waals surface area contributed by atoms with Gasteiger partial charge in [-0.3, -0.25) is 14.5 Å². The summed E-state index contributed by atoms with van der Waals surface area (Å²) in [5, 5.41) is 5.97. The molecule has 2 N–H and O–H groups in total. The van der Waals surface area contributed by atoms with Gasteiger partial charge in [0, 0.05) is 31.2 Å². The van der Waals surface area contributed by atoms with Crippen LogP contribution >= 0.6 is 0 Å². The highest BCUT2D eigenvalue weighted by atomic mass is 16.2. The van der Waals surface area contributed by atoms with Crippen molar-refractivity contribution in [1.82, 2.24) is 10.2 Å². The van der Waals surface area contributed by atoms with Crippen molar-refractivity contribution >= 4 is 17.5 Å². The Bertz CT molecular complexity index is 816. The average Bonchev–Trinajstić information content (AvgIpc) is 3.52. The third-order valence-electron chi connectivity index (χ3n) is 5.04. The molecule has 2 aromatic rings. The third-order valence-corrected chi connectivity index (χ3v) is 5.04. The molecule has 5 heteroatoms. The van der Waals surface area contributed by atoms with Crippen molar-refractivity contribution in [2.24, 2.45) is 0 Å². The average molecular weight is 380 g/mol. The van der Waals surface area contributed by atoms with E-state index in [0.29, 0.717) is 32.1 Å². The molecule has 0 heterocycles. The molecule has 0 bridgehead atoms. The maximum atomic E-state index is 12.5. The summed E-state index contributed by atoms with van der Waals surface area (Å²) < 4.78 is 0. The molecule has 0 spiro atoms. The van der Waals surface area contributed by atoms with E-state index in [1.807, 2.05) is 62.4 Å². The second-order valence-corrected chi connectivity index (χ2v) is 7.58. The number of nitrogens with zero attached hydrogens (tertiary/aromatic N) is 1. The Morgan fingerprint density at radius 3 is 2.50 bits per heavy atom. The van der Waals surface area contributed by atoms with Crippen molar-refractivity contribution in [3.05, 3.63) is 65.2 Å². The summed E-state index contributed by atoms with van der Waals surface area (Å²) >= 11 is 0. The smallest absolute Gasteiger partial charge is 0.238 e. The number of anilines is 1. The molecule has 2 amide bonds. The predicted octanol–water partition coefficient (Wildman–Crippen LogP) is 3.41. The summed E-state index contributed by atoms with van der Waals surface area (Å²) in [6.07, 6.45) is 2.60. The predicted molar refractivity (Wildman–Crippen MR) is 112 cm³/mol. The monoisotopic (exact) mass is 379 g/mol. The lowest BCUT2D eigenvalue weighted by molar-refractivity contribution is -0.122. The van der Waals surface area contributed by atoms with E-state index in [0.717, 1.165) is 35.2 Å². The molecule has 0 unspecified atom stereocenters. The largest absolute Gasteiger partial charge is 0.352 e. The van der Waals surface area contributed by atoms with Gasteiger partial charge in [0.15, 0.2) is 0 Å². The molecule has 0 aliphatic heterocycles. The van der Waals surface area contributed by atoms with Crippen LogP contribution in [0, 0.1) is 13.8 Å². The van der Waals surface area contributed by atoms with Gasteiger partial charge in [0.1, 0.15) is 0 Å². The van der Waals surface area contributed by atoms with Gasteiger partial charge in [-0.05, 0) is 49.4 Å². The van der Waals surface area contributed by atoms with Crippen molar-refractivity contribution < 1.29 is 9.59 Å². The number of benzene rings is 2. The standard InChI is InChI=1S/C23H29N3O2/c1-17-8-9-18(2)21(14-17)25-23(28)16-26(20-10-11-20)13-12-22(27)24-15-19-6-4-3-5-7-19/h3-9,14,20H,10-13,15-16H2,1-2H3,(H,24,27)(H,25,28). The number of aryl methyl sites for hydroxylation is 2. The van der Waals surface area contributed by atoms with E-state index in [-0.39, 0.29) is 11.8 Å². The fourth-order valence-corrected chi connectivity index (χ4v) is 3.21. The Balaban J connectivity index is 1.46. The number of amides is 2. The second-order valence-electron chi connectivity index (χ2n) is 7.58. The fourth-order valence-electron chi connectivity index (χ4n) is 3.21. The van der Waals surface area contributed by atoms with Gasteiger partial charge >= 0.3 is 0 Å². The van der Waals surface area contributed by atoms with E-state index in [4.69, 9.17) is 0 Å². The summed E-state index contributed by atoms with van der Waals surface area (Å²) in [5.41, 5.74) is 4.12. The van der Waals surface area contributed by atoms with Crippen LogP contribution in [0.1, 0.15) is 36.0 Å². The molecule has 1 aliphatic rings. The minimum Gasteiger partial charge on any atom is -0.352 e. The molecular weight excluding hydrogens is 350 g/mol. The van der Waals surface area contributed by atoms with Gasteiger partial charge < -0.3 is 10.6 Å². The normalized spacial score (nSPS) is 13.4. The Labute approximate surface area is 167 Å². The summed E-state index contributed by atoms with van der Waals surface area (Å²) in [6.45, 7) is 5.47. The van der Waals surface area contributed by atoms with Gasteiger partial charge in [-0.25, -0.2) is 0 Å². The Morgan fingerprint density at radius 1 is 1.04 bits per heavy atom.